The van der Waals surface area contributed by atoms with Gasteiger partial charge in [-0.05, 0) is 42.3 Å². The maximum atomic E-state index is 12.6. The highest BCUT2D eigenvalue weighted by Crippen LogP contribution is 2.24. The van der Waals surface area contributed by atoms with E-state index in [-0.39, 0.29) is 23.1 Å². The zero-order valence-electron chi connectivity index (χ0n) is 14.2. The van der Waals surface area contributed by atoms with E-state index in [1.807, 2.05) is 13.0 Å². The minimum atomic E-state index is -3.73. The molecule has 1 atom stereocenters. The number of rotatable bonds is 5. The number of aryl methyl sites for hydroxylation is 1. The van der Waals surface area contributed by atoms with E-state index >= 15 is 0 Å². The third-order valence-corrected chi connectivity index (χ3v) is 5.14. The van der Waals surface area contributed by atoms with Crippen molar-refractivity contribution in [3.05, 3.63) is 59.7 Å². The average Bonchev–Trinajstić information content (AvgIpc) is 2.86. The number of amides is 2. The number of hydrogen-bond acceptors (Lipinski definition) is 5. The van der Waals surface area contributed by atoms with Crippen molar-refractivity contribution in [1.82, 2.24) is 5.32 Å². The molecule has 0 bridgehead atoms. The van der Waals surface area contributed by atoms with Gasteiger partial charge < -0.3 is 5.32 Å². The lowest BCUT2D eigenvalue weighted by atomic mass is 10.2. The van der Waals surface area contributed by atoms with E-state index in [4.69, 9.17) is 5.14 Å². The van der Waals surface area contributed by atoms with Gasteiger partial charge in [-0.15, -0.1) is 0 Å². The Bertz CT molecular complexity index is 955. The van der Waals surface area contributed by atoms with Gasteiger partial charge in [0, 0.05) is 6.54 Å². The lowest BCUT2D eigenvalue weighted by Gasteiger charge is -2.16. The minimum absolute atomic E-state index is 0.0268. The van der Waals surface area contributed by atoms with E-state index in [0.29, 0.717) is 12.2 Å². The van der Waals surface area contributed by atoms with E-state index in [2.05, 4.69) is 5.32 Å². The molecule has 0 aliphatic carbocycles. The van der Waals surface area contributed by atoms with Gasteiger partial charge in [0.1, 0.15) is 0 Å². The Hall–Kier alpha value is -2.55. The molecule has 136 valence electrons. The van der Waals surface area contributed by atoms with Crippen LogP contribution in [0.15, 0.2) is 53.4 Å². The SMILES string of the molecule is Cc1cccc(N2C(=O)CC(NCc3ccc(S(N)(=O)=O)cc3)C2=O)c1. The summed E-state index contributed by atoms with van der Waals surface area (Å²) in [5.74, 6) is -0.538. The van der Waals surface area contributed by atoms with Gasteiger partial charge in [-0.3, -0.25) is 9.59 Å². The first-order valence-electron chi connectivity index (χ1n) is 8.04. The van der Waals surface area contributed by atoms with E-state index in [0.717, 1.165) is 11.1 Å². The zero-order chi connectivity index (χ0) is 18.9. The molecular formula is C18H19N3O4S. The van der Waals surface area contributed by atoms with Gasteiger partial charge in [0.05, 0.1) is 23.0 Å². The molecule has 1 unspecified atom stereocenters. The molecule has 8 heteroatoms. The van der Waals surface area contributed by atoms with Crippen LogP contribution >= 0.6 is 0 Å². The van der Waals surface area contributed by atoms with Crippen molar-refractivity contribution in [2.45, 2.75) is 30.8 Å². The molecule has 1 aliphatic rings. The van der Waals surface area contributed by atoms with Crippen LogP contribution in [-0.4, -0.2) is 26.3 Å². The van der Waals surface area contributed by atoms with Crippen LogP contribution in [0, 0.1) is 6.92 Å². The molecule has 2 aromatic carbocycles. The molecule has 2 aromatic rings. The Morgan fingerprint density at radius 2 is 1.85 bits per heavy atom. The second-order valence-corrected chi connectivity index (χ2v) is 7.79. The molecule has 1 saturated heterocycles. The van der Waals surface area contributed by atoms with Gasteiger partial charge in [0.25, 0.3) is 5.91 Å². The average molecular weight is 373 g/mol. The summed E-state index contributed by atoms with van der Waals surface area (Å²) < 4.78 is 22.5. The van der Waals surface area contributed by atoms with Gasteiger partial charge in [0.2, 0.25) is 15.9 Å². The highest BCUT2D eigenvalue weighted by atomic mass is 32.2. The van der Waals surface area contributed by atoms with Gasteiger partial charge in [0.15, 0.2) is 0 Å². The summed E-state index contributed by atoms with van der Waals surface area (Å²) >= 11 is 0. The molecule has 0 saturated carbocycles. The third-order valence-electron chi connectivity index (χ3n) is 4.21. The van der Waals surface area contributed by atoms with Crippen LogP contribution in [-0.2, 0) is 26.2 Å². The van der Waals surface area contributed by atoms with Crippen LogP contribution < -0.4 is 15.4 Å². The standard InChI is InChI=1S/C18H19N3O4S/c1-12-3-2-4-14(9-12)21-17(22)10-16(18(21)23)20-11-13-5-7-15(8-6-13)26(19,24)25/h2-9,16,20H,10-11H2,1H3,(H2,19,24,25). The molecule has 3 N–H and O–H groups in total. The van der Waals surface area contributed by atoms with E-state index < -0.39 is 16.1 Å². The first-order valence-corrected chi connectivity index (χ1v) is 9.59. The van der Waals surface area contributed by atoms with Gasteiger partial charge in [-0.25, -0.2) is 18.5 Å². The zero-order valence-corrected chi connectivity index (χ0v) is 15.0. The fourth-order valence-corrected chi connectivity index (χ4v) is 3.38. The number of nitrogens with two attached hydrogens (primary N) is 1. The fourth-order valence-electron chi connectivity index (χ4n) is 2.87. The van der Waals surface area contributed by atoms with Crippen molar-refractivity contribution in [3.8, 4) is 0 Å². The molecule has 1 fully saturated rings. The number of anilines is 1. The van der Waals surface area contributed by atoms with Crippen LogP contribution in [0.5, 0.6) is 0 Å². The largest absolute Gasteiger partial charge is 0.301 e. The van der Waals surface area contributed by atoms with E-state index in [9.17, 15) is 18.0 Å². The van der Waals surface area contributed by atoms with Gasteiger partial charge in [-0.2, -0.15) is 0 Å². The molecule has 26 heavy (non-hydrogen) atoms. The second kappa shape index (κ2) is 6.99. The van der Waals surface area contributed by atoms with Crippen molar-refractivity contribution < 1.29 is 18.0 Å². The van der Waals surface area contributed by atoms with Crippen LogP contribution in [0.2, 0.25) is 0 Å². The highest BCUT2D eigenvalue weighted by molar-refractivity contribution is 7.89. The molecule has 2 amide bonds. The molecule has 0 radical (unpaired) electrons. The molecule has 7 nitrogen and oxygen atoms in total. The number of imide groups is 1. The molecule has 1 heterocycles. The lowest BCUT2D eigenvalue weighted by Crippen LogP contribution is -2.38. The van der Waals surface area contributed by atoms with Gasteiger partial charge >= 0.3 is 0 Å². The molecule has 0 spiro atoms. The number of carbonyl (C=O) groups excluding carboxylic acids is 2. The summed E-state index contributed by atoms with van der Waals surface area (Å²) in [6.07, 6.45) is 0.0854. The maximum absolute atomic E-state index is 12.6. The predicted octanol–water partition coefficient (Wildman–Crippen LogP) is 1.06. The number of sulfonamides is 1. The van der Waals surface area contributed by atoms with Crippen LogP contribution in [0.25, 0.3) is 0 Å². The van der Waals surface area contributed by atoms with Crippen molar-refractivity contribution >= 4 is 27.5 Å². The Morgan fingerprint density at radius 1 is 1.15 bits per heavy atom. The Kier molecular flexibility index (Phi) is 4.90. The summed E-state index contributed by atoms with van der Waals surface area (Å²) in [6, 6.07) is 12.7. The first kappa shape index (κ1) is 18.2. The maximum Gasteiger partial charge on any atom is 0.251 e. The van der Waals surface area contributed by atoms with Gasteiger partial charge in [-0.1, -0.05) is 24.3 Å². The first-order chi connectivity index (χ1) is 12.3. The van der Waals surface area contributed by atoms with E-state index in [1.165, 1.54) is 17.0 Å². The van der Waals surface area contributed by atoms with Crippen molar-refractivity contribution in [2.75, 3.05) is 4.90 Å². The monoisotopic (exact) mass is 373 g/mol. The van der Waals surface area contributed by atoms with Crippen LogP contribution in [0.4, 0.5) is 5.69 Å². The number of benzene rings is 2. The number of nitrogens with one attached hydrogen (secondary N) is 1. The quantitative estimate of drug-likeness (QED) is 0.762. The minimum Gasteiger partial charge on any atom is -0.301 e. The van der Waals surface area contributed by atoms with Crippen molar-refractivity contribution in [3.63, 3.8) is 0 Å². The normalized spacial score (nSPS) is 17.8. The van der Waals surface area contributed by atoms with Crippen molar-refractivity contribution in [1.29, 1.82) is 0 Å². The molecule has 0 aromatic heterocycles. The number of hydrogen-bond donors (Lipinski definition) is 2. The Balaban J connectivity index is 1.68. The van der Waals surface area contributed by atoms with Crippen molar-refractivity contribution in [2.24, 2.45) is 5.14 Å². The number of carbonyl (C=O) groups is 2. The second-order valence-electron chi connectivity index (χ2n) is 6.23. The Labute approximate surface area is 151 Å². The smallest absolute Gasteiger partial charge is 0.251 e. The topological polar surface area (TPSA) is 110 Å². The molecule has 3 rings (SSSR count). The summed E-state index contributed by atoms with van der Waals surface area (Å²) in [4.78, 5) is 26.1. The number of nitrogens with zero attached hydrogens (tertiary/aromatic N) is 1. The van der Waals surface area contributed by atoms with Crippen LogP contribution in [0.1, 0.15) is 17.5 Å². The van der Waals surface area contributed by atoms with Crippen LogP contribution in [0.3, 0.4) is 0 Å². The number of primary sulfonamides is 1. The van der Waals surface area contributed by atoms with E-state index in [1.54, 1.807) is 30.3 Å². The Morgan fingerprint density at radius 3 is 2.46 bits per heavy atom. The molecular weight excluding hydrogens is 354 g/mol. The summed E-state index contributed by atoms with van der Waals surface area (Å²) in [5, 5.41) is 8.12. The summed E-state index contributed by atoms with van der Waals surface area (Å²) in [7, 11) is -3.73. The summed E-state index contributed by atoms with van der Waals surface area (Å²) in [6.45, 7) is 2.23. The third kappa shape index (κ3) is 3.82. The highest BCUT2D eigenvalue weighted by Gasteiger charge is 2.39. The molecule has 1 aliphatic heterocycles. The fraction of sp³-hybridized carbons (Fsp3) is 0.222. The lowest BCUT2D eigenvalue weighted by molar-refractivity contribution is -0.121. The predicted molar refractivity (Wildman–Crippen MR) is 96.7 cm³/mol. The summed E-state index contributed by atoms with van der Waals surface area (Å²) in [5.41, 5.74) is 2.32.